The van der Waals surface area contributed by atoms with Crippen LogP contribution >= 0.6 is 0 Å². The van der Waals surface area contributed by atoms with Gasteiger partial charge in [0.1, 0.15) is 5.75 Å². The topological polar surface area (TPSA) is 23.5 Å². The molecule has 21 heavy (non-hydrogen) atoms. The molecule has 0 unspecified atom stereocenters. The Kier molecular flexibility index (Phi) is 3.11. The Balaban J connectivity index is 1.83. The van der Waals surface area contributed by atoms with Crippen LogP contribution in [0.1, 0.15) is 43.2 Å². The van der Waals surface area contributed by atoms with Crippen molar-refractivity contribution in [3.05, 3.63) is 42.0 Å². The Bertz CT molecular complexity index is 567. The highest BCUT2D eigenvalue weighted by molar-refractivity contribution is 5.45. The SMILES string of the molecule is C=CCN1CC[C@]23CCCC[C@H]2[C@@H]1Cc1ccc(O)cc13. The van der Waals surface area contributed by atoms with Crippen LogP contribution in [0.5, 0.6) is 5.75 Å². The van der Waals surface area contributed by atoms with E-state index < -0.39 is 0 Å². The lowest BCUT2D eigenvalue weighted by molar-refractivity contribution is -0.00517. The number of likely N-dealkylation sites (tertiary alicyclic amines) is 1. The minimum absolute atomic E-state index is 0.340. The zero-order valence-electron chi connectivity index (χ0n) is 12.7. The van der Waals surface area contributed by atoms with Crippen LogP contribution in [0.2, 0.25) is 0 Å². The normalized spacial score (nSPS) is 34.9. The smallest absolute Gasteiger partial charge is 0.115 e. The van der Waals surface area contributed by atoms with Crippen molar-refractivity contribution in [2.45, 2.75) is 50.0 Å². The maximum absolute atomic E-state index is 9.98. The van der Waals surface area contributed by atoms with Crippen LogP contribution in [0.4, 0.5) is 0 Å². The van der Waals surface area contributed by atoms with Crippen LogP contribution in [0.25, 0.3) is 0 Å². The van der Waals surface area contributed by atoms with Crippen LogP contribution in [-0.4, -0.2) is 29.1 Å². The molecule has 2 heteroatoms. The van der Waals surface area contributed by atoms with Gasteiger partial charge in [-0.05, 0) is 61.4 Å². The van der Waals surface area contributed by atoms with E-state index in [9.17, 15) is 5.11 Å². The third-order valence-corrected chi connectivity index (χ3v) is 6.30. The van der Waals surface area contributed by atoms with Gasteiger partial charge in [0.25, 0.3) is 0 Å². The Morgan fingerprint density at radius 1 is 1.33 bits per heavy atom. The third kappa shape index (κ3) is 1.88. The number of aromatic hydroxyl groups is 1. The molecular formula is C19H25NO. The van der Waals surface area contributed by atoms with Crippen molar-refractivity contribution in [1.82, 2.24) is 4.90 Å². The molecule has 2 bridgehead atoms. The zero-order valence-corrected chi connectivity index (χ0v) is 12.7. The van der Waals surface area contributed by atoms with Crippen LogP contribution < -0.4 is 0 Å². The summed E-state index contributed by atoms with van der Waals surface area (Å²) in [5.74, 6) is 1.22. The second kappa shape index (κ2) is 4.88. The van der Waals surface area contributed by atoms with E-state index in [0.717, 1.165) is 18.9 Å². The summed E-state index contributed by atoms with van der Waals surface area (Å²) in [6.07, 6.45) is 9.84. The molecule has 0 spiro atoms. The van der Waals surface area contributed by atoms with E-state index in [1.165, 1.54) is 49.8 Å². The summed E-state index contributed by atoms with van der Waals surface area (Å²) in [7, 11) is 0. The van der Waals surface area contributed by atoms with Gasteiger partial charge in [0, 0.05) is 18.0 Å². The Morgan fingerprint density at radius 3 is 3.10 bits per heavy atom. The van der Waals surface area contributed by atoms with E-state index >= 15 is 0 Å². The fourth-order valence-electron chi connectivity index (χ4n) is 5.47. The molecule has 1 aliphatic heterocycles. The summed E-state index contributed by atoms with van der Waals surface area (Å²) in [5, 5.41) is 9.98. The first-order valence-electron chi connectivity index (χ1n) is 8.42. The molecule has 2 nitrogen and oxygen atoms in total. The van der Waals surface area contributed by atoms with Crippen LogP contribution in [0.3, 0.4) is 0 Å². The van der Waals surface area contributed by atoms with Crippen molar-refractivity contribution in [1.29, 1.82) is 0 Å². The predicted octanol–water partition coefficient (Wildman–Crippen LogP) is 3.64. The van der Waals surface area contributed by atoms with Crippen molar-refractivity contribution in [3.63, 3.8) is 0 Å². The van der Waals surface area contributed by atoms with Gasteiger partial charge < -0.3 is 5.11 Å². The molecule has 2 aliphatic carbocycles. The Hall–Kier alpha value is -1.28. The average Bonchev–Trinajstić information content (AvgIpc) is 2.51. The molecule has 112 valence electrons. The zero-order chi connectivity index (χ0) is 14.4. The molecule has 1 aromatic rings. The molecule has 0 aromatic heterocycles. The van der Waals surface area contributed by atoms with Crippen molar-refractivity contribution >= 4 is 0 Å². The molecule has 1 N–H and O–H groups in total. The fourth-order valence-corrected chi connectivity index (χ4v) is 5.47. The van der Waals surface area contributed by atoms with Gasteiger partial charge in [0.2, 0.25) is 0 Å². The maximum atomic E-state index is 9.98. The number of phenolic OH excluding ortho intramolecular Hbond substituents is 1. The lowest BCUT2D eigenvalue weighted by Gasteiger charge is -2.59. The van der Waals surface area contributed by atoms with Gasteiger partial charge >= 0.3 is 0 Å². The largest absolute Gasteiger partial charge is 0.508 e. The van der Waals surface area contributed by atoms with E-state index in [1.807, 2.05) is 6.07 Å². The predicted molar refractivity (Wildman–Crippen MR) is 85.6 cm³/mol. The Labute approximate surface area is 127 Å². The van der Waals surface area contributed by atoms with Gasteiger partial charge in [-0.3, -0.25) is 4.90 Å². The van der Waals surface area contributed by atoms with Crippen LogP contribution in [0.15, 0.2) is 30.9 Å². The third-order valence-electron chi connectivity index (χ3n) is 6.30. The van der Waals surface area contributed by atoms with Gasteiger partial charge in [-0.25, -0.2) is 0 Å². The maximum Gasteiger partial charge on any atom is 0.115 e. The monoisotopic (exact) mass is 283 g/mol. The molecular weight excluding hydrogens is 258 g/mol. The first kappa shape index (κ1) is 13.4. The molecule has 2 fully saturated rings. The molecule has 3 atom stereocenters. The van der Waals surface area contributed by atoms with Crippen molar-refractivity contribution in [2.75, 3.05) is 13.1 Å². The standard InChI is InChI=1S/C19H25NO/c1-2-10-20-11-9-19-8-4-3-5-16(19)18(20)12-14-6-7-15(21)13-17(14)19/h2,6-7,13,16,18,21H,1,3-5,8-12H2/t16-,18-,19+/m0/s1. The first-order chi connectivity index (χ1) is 10.2. The molecule has 0 radical (unpaired) electrons. The number of rotatable bonds is 2. The number of fused-ring (bicyclic) bond motifs is 1. The van der Waals surface area contributed by atoms with E-state index in [-0.39, 0.29) is 0 Å². The number of nitrogens with zero attached hydrogens (tertiary/aromatic N) is 1. The van der Waals surface area contributed by atoms with E-state index in [0.29, 0.717) is 17.2 Å². The van der Waals surface area contributed by atoms with E-state index in [2.05, 4.69) is 29.7 Å². The molecule has 1 heterocycles. The van der Waals surface area contributed by atoms with E-state index in [4.69, 9.17) is 0 Å². The first-order valence-corrected chi connectivity index (χ1v) is 8.42. The van der Waals surface area contributed by atoms with Crippen LogP contribution in [0, 0.1) is 5.92 Å². The number of benzene rings is 1. The van der Waals surface area contributed by atoms with Gasteiger partial charge in [0.05, 0.1) is 0 Å². The van der Waals surface area contributed by atoms with Gasteiger partial charge in [-0.15, -0.1) is 6.58 Å². The van der Waals surface area contributed by atoms with Gasteiger partial charge in [-0.1, -0.05) is 25.0 Å². The molecule has 4 rings (SSSR count). The summed E-state index contributed by atoms with van der Waals surface area (Å²) in [6.45, 7) is 6.15. The molecule has 1 aromatic carbocycles. The number of hydrogen-bond donors (Lipinski definition) is 1. The minimum Gasteiger partial charge on any atom is -0.508 e. The summed E-state index contributed by atoms with van der Waals surface area (Å²) in [4.78, 5) is 2.65. The highest BCUT2D eigenvalue weighted by atomic mass is 16.3. The molecule has 1 saturated heterocycles. The fraction of sp³-hybridized carbons (Fsp3) is 0.579. The minimum atomic E-state index is 0.340. The highest BCUT2D eigenvalue weighted by Gasteiger charge is 2.53. The van der Waals surface area contributed by atoms with Crippen molar-refractivity contribution in [2.24, 2.45) is 5.92 Å². The second-order valence-electron chi connectivity index (χ2n) is 7.15. The van der Waals surface area contributed by atoms with Crippen molar-refractivity contribution < 1.29 is 5.11 Å². The lowest BCUT2D eigenvalue weighted by Crippen LogP contribution is -2.60. The summed E-state index contributed by atoms with van der Waals surface area (Å²) in [6, 6.07) is 6.79. The second-order valence-corrected chi connectivity index (χ2v) is 7.15. The summed E-state index contributed by atoms with van der Waals surface area (Å²) >= 11 is 0. The Morgan fingerprint density at radius 2 is 2.24 bits per heavy atom. The quantitative estimate of drug-likeness (QED) is 0.838. The van der Waals surface area contributed by atoms with E-state index in [1.54, 1.807) is 0 Å². The van der Waals surface area contributed by atoms with Gasteiger partial charge in [-0.2, -0.15) is 0 Å². The molecule has 3 aliphatic rings. The lowest BCUT2D eigenvalue weighted by atomic mass is 9.52. The van der Waals surface area contributed by atoms with Crippen molar-refractivity contribution in [3.8, 4) is 5.75 Å². The number of hydrogen-bond acceptors (Lipinski definition) is 2. The molecule has 0 amide bonds. The summed E-state index contributed by atoms with van der Waals surface area (Å²) in [5.41, 5.74) is 3.29. The van der Waals surface area contributed by atoms with Gasteiger partial charge in [0.15, 0.2) is 0 Å². The molecule has 1 saturated carbocycles. The number of piperidine rings is 1. The summed E-state index contributed by atoms with van der Waals surface area (Å²) < 4.78 is 0. The van der Waals surface area contributed by atoms with Crippen LogP contribution in [-0.2, 0) is 11.8 Å². The average molecular weight is 283 g/mol. The highest BCUT2D eigenvalue weighted by Crippen LogP contribution is 2.56. The number of phenols is 1.